The highest BCUT2D eigenvalue weighted by Gasteiger charge is 2.34. The predicted molar refractivity (Wildman–Crippen MR) is 56.1 cm³/mol. The zero-order valence-electron chi connectivity index (χ0n) is 8.64. The van der Waals surface area contributed by atoms with E-state index in [0.29, 0.717) is 6.54 Å². The maximum atomic E-state index is 11.5. The molecule has 0 saturated carbocycles. The Morgan fingerprint density at radius 1 is 1.27 bits per heavy atom. The number of carbonyl (C=O) groups excluding carboxylic acids is 2. The fourth-order valence-electron chi connectivity index (χ4n) is 1.79. The molecule has 78 valence electrons. The third kappa shape index (κ3) is 1.91. The highest BCUT2D eigenvalue weighted by Crippen LogP contribution is 2.17. The van der Waals surface area contributed by atoms with Gasteiger partial charge < -0.3 is 4.90 Å². The largest absolute Gasteiger partial charge is 0.328 e. The summed E-state index contributed by atoms with van der Waals surface area (Å²) < 4.78 is 0. The van der Waals surface area contributed by atoms with Gasteiger partial charge in [-0.25, -0.2) is 0 Å². The van der Waals surface area contributed by atoms with Crippen LogP contribution in [0.4, 0.5) is 0 Å². The molecule has 0 unspecified atom stereocenters. The smallest absolute Gasteiger partial charge is 0.231 e. The molecule has 1 amide bonds. The van der Waals surface area contributed by atoms with Crippen LogP contribution in [0.2, 0.25) is 0 Å². The molecular weight excluding hydrogens is 190 g/mol. The first-order chi connectivity index (χ1) is 7.18. The van der Waals surface area contributed by atoms with Crippen LogP contribution in [0, 0.1) is 0 Å². The van der Waals surface area contributed by atoms with Gasteiger partial charge in [0.1, 0.15) is 0 Å². The number of carbonyl (C=O) groups is 2. The molecule has 1 fully saturated rings. The molecule has 0 aromatic heterocycles. The minimum absolute atomic E-state index is 0.0240. The van der Waals surface area contributed by atoms with Crippen molar-refractivity contribution < 1.29 is 9.59 Å². The summed E-state index contributed by atoms with van der Waals surface area (Å²) in [5, 5.41) is 0. The Kier molecular flexibility index (Phi) is 2.54. The van der Waals surface area contributed by atoms with E-state index < -0.39 is 0 Å². The topological polar surface area (TPSA) is 37.4 Å². The van der Waals surface area contributed by atoms with E-state index in [-0.39, 0.29) is 24.2 Å². The molecule has 2 rings (SSSR count). The van der Waals surface area contributed by atoms with E-state index in [4.69, 9.17) is 0 Å². The molecule has 0 N–H and O–H groups in total. The van der Waals surface area contributed by atoms with Crippen LogP contribution < -0.4 is 0 Å². The van der Waals surface area contributed by atoms with Crippen LogP contribution in [0.15, 0.2) is 30.3 Å². The molecule has 1 aromatic rings. The van der Waals surface area contributed by atoms with Crippen molar-refractivity contribution >= 4 is 11.7 Å². The van der Waals surface area contributed by atoms with Crippen LogP contribution in [0.5, 0.6) is 0 Å². The fraction of sp³-hybridized carbons (Fsp3) is 0.333. The van der Waals surface area contributed by atoms with Crippen LogP contribution in [0.1, 0.15) is 18.9 Å². The van der Waals surface area contributed by atoms with Crippen molar-refractivity contribution in [1.29, 1.82) is 0 Å². The van der Waals surface area contributed by atoms with Gasteiger partial charge in [0.05, 0.1) is 12.5 Å². The van der Waals surface area contributed by atoms with Gasteiger partial charge in [0.2, 0.25) is 5.91 Å². The highest BCUT2D eigenvalue weighted by atomic mass is 16.2. The van der Waals surface area contributed by atoms with E-state index in [9.17, 15) is 9.59 Å². The summed E-state index contributed by atoms with van der Waals surface area (Å²) >= 11 is 0. The summed E-state index contributed by atoms with van der Waals surface area (Å²) in [6, 6.07) is 9.46. The first-order valence-corrected chi connectivity index (χ1v) is 5.04. The van der Waals surface area contributed by atoms with Crippen LogP contribution >= 0.6 is 0 Å². The lowest BCUT2D eigenvalue weighted by atomic mass is 10.2. The summed E-state index contributed by atoms with van der Waals surface area (Å²) in [5.74, 6) is -0.0349. The zero-order valence-corrected chi connectivity index (χ0v) is 8.64. The second kappa shape index (κ2) is 3.85. The average Bonchev–Trinajstić information content (AvgIpc) is 2.47. The Bertz CT molecular complexity index is 386. The molecule has 0 radical (unpaired) electrons. The van der Waals surface area contributed by atoms with Crippen molar-refractivity contribution in [2.75, 3.05) is 0 Å². The van der Waals surface area contributed by atoms with Crippen LogP contribution in [0.3, 0.4) is 0 Å². The number of rotatable bonds is 2. The van der Waals surface area contributed by atoms with Crippen molar-refractivity contribution in [3.05, 3.63) is 35.9 Å². The van der Waals surface area contributed by atoms with Gasteiger partial charge in [0, 0.05) is 6.54 Å². The van der Waals surface area contributed by atoms with E-state index in [0.717, 1.165) is 5.56 Å². The van der Waals surface area contributed by atoms with Gasteiger partial charge in [0.25, 0.3) is 0 Å². The number of likely N-dealkylation sites (tertiary alicyclic amines) is 1. The van der Waals surface area contributed by atoms with Crippen molar-refractivity contribution in [3.8, 4) is 0 Å². The van der Waals surface area contributed by atoms with Gasteiger partial charge in [0.15, 0.2) is 5.78 Å². The maximum absolute atomic E-state index is 11.5. The van der Waals surface area contributed by atoms with Gasteiger partial charge in [-0.2, -0.15) is 0 Å². The number of Topliss-reactive ketones (excluding diaryl/α,β-unsaturated/α-hetero) is 1. The molecule has 0 aliphatic carbocycles. The Labute approximate surface area is 88.7 Å². The number of nitrogens with zero attached hydrogens (tertiary/aromatic N) is 1. The Balaban J connectivity index is 2.13. The summed E-state index contributed by atoms with van der Waals surface area (Å²) in [6.07, 6.45) is 0.0635. The number of amides is 1. The minimum atomic E-state index is -0.266. The third-order valence-electron chi connectivity index (χ3n) is 2.78. The quantitative estimate of drug-likeness (QED) is 0.681. The summed E-state index contributed by atoms with van der Waals surface area (Å²) in [6.45, 7) is 2.32. The van der Waals surface area contributed by atoms with Crippen LogP contribution in [-0.2, 0) is 16.1 Å². The molecule has 3 nitrogen and oxygen atoms in total. The molecule has 1 saturated heterocycles. The van der Waals surface area contributed by atoms with Gasteiger partial charge in [-0.15, -0.1) is 0 Å². The van der Waals surface area contributed by atoms with Gasteiger partial charge >= 0.3 is 0 Å². The second-order valence-corrected chi connectivity index (χ2v) is 3.83. The van der Waals surface area contributed by atoms with Gasteiger partial charge in [-0.3, -0.25) is 9.59 Å². The van der Waals surface area contributed by atoms with Crippen molar-refractivity contribution in [1.82, 2.24) is 4.90 Å². The number of ketones is 1. The molecule has 15 heavy (non-hydrogen) atoms. The third-order valence-corrected chi connectivity index (χ3v) is 2.78. The van der Waals surface area contributed by atoms with E-state index in [1.807, 2.05) is 30.3 Å². The maximum Gasteiger partial charge on any atom is 0.231 e. The van der Waals surface area contributed by atoms with Crippen molar-refractivity contribution in [3.63, 3.8) is 0 Å². The lowest BCUT2D eigenvalue weighted by Gasteiger charge is -2.20. The Morgan fingerprint density at radius 2 is 1.93 bits per heavy atom. The number of hydrogen-bond acceptors (Lipinski definition) is 2. The SMILES string of the molecule is C[C@@H]1C(=O)CC(=O)N1Cc1ccccc1. The summed E-state index contributed by atoms with van der Waals surface area (Å²) in [5.41, 5.74) is 1.06. The van der Waals surface area contributed by atoms with E-state index in [1.54, 1.807) is 11.8 Å². The monoisotopic (exact) mass is 203 g/mol. The lowest BCUT2D eigenvalue weighted by molar-refractivity contribution is -0.129. The molecule has 1 aliphatic rings. The van der Waals surface area contributed by atoms with Crippen molar-refractivity contribution in [2.24, 2.45) is 0 Å². The van der Waals surface area contributed by atoms with Crippen LogP contribution in [0.25, 0.3) is 0 Å². The van der Waals surface area contributed by atoms with E-state index >= 15 is 0 Å². The average molecular weight is 203 g/mol. The Morgan fingerprint density at radius 3 is 2.47 bits per heavy atom. The summed E-state index contributed by atoms with van der Waals surface area (Å²) in [7, 11) is 0. The normalized spacial score (nSPS) is 21.1. The predicted octanol–water partition coefficient (Wildman–Crippen LogP) is 1.38. The van der Waals surface area contributed by atoms with Crippen LogP contribution in [-0.4, -0.2) is 22.6 Å². The fourth-order valence-corrected chi connectivity index (χ4v) is 1.79. The second-order valence-electron chi connectivity index (χ2n) is 3.83. The zero-order chi connectivity index (χ0) is 10.8. The molecule has 3 heteroatoms. The molecule has 0 bridgehead atoms. The van der Waals surface area contributed by atoms with E-state index in [1.165, 1.54) is 0 Å². The molecule has 1 aliphatic heterocycles. The molecule has 1 atom stereocenters. The van der Waals surface area contributed by atoms with Gasteiger partial charge in [-0.1, -0.05) is 30.3 Å². The molecular formula is C12H13NO2. The molecule has 1 heterocycles. The molecule has 0 spiro atoms. The van der Waals surface area contributed by atoms with Gasteiger partial charge in [-0.05, 0) is 12.5 Å². The van der Waals surface area contributed by atoms with Crippen molar-refractivity contribution in [2.45, 2.75) is 25.9 Å². The summed E-state index contributed by atoms with van der Waals surface area (Å²) in [4.78, 5) is 24.5. The minimum Gasteiger partial charge on any atom is -0.328 e. The number of hydrogen-bond donors (Lipinski definition) is 0. The highest BCUT2D eigenvalue weighted by molar-refractivity contribution is 6.07. The standard InChI is InChI=1S/C12H13NO2/c1-9-11(14)7-12(15)13(9)8-10-5-3-2-4-6-10/h2-6,9H,7-8H2,1H3/t9-/m1/s1. The lowest BCUT2D eigenvalue weighted by Crippen LogP contribution is -2.32. The number of benzene rings is 1. The van der Waals surface area contributed by atoms with E-state index in [2.05, 4.69) is 0 Å². The Hall–Kier alpha value is -1.64. The molecule has 1 aromatic carbocycles. The first-order valence-electron chi connectivity index (χ1n) is 5.04. The first kappa shape index (κ1) is 9.90.